The van der Waals surface area contributed by atoms with E-state index in [4.69, 9.17) is 4.74 Å². The van der Waals surface area contributed by atoms with Gasteiger partial charge in [0.25, 0.3) is 5.91 Å². The Bertz CT molecular complexity index is 753. The molecule has 0 spiro atoms. The molecule has 1 aromatic heterocycles. The molecule has 0 unspecified atom stereocenters. The highest BCUT2D eigenvalue weighted by molar-refractivity contribution is 6.05. The minimum atomic E-state index is -0.616. The molecule has 2 rings (SSSR count). The molecule has 1 aromatic carbocycles. The van der Waals surface area contributed by atoms with Crippen LogP contribution in [0.2, 0.25) is 0 Å². The van der Waals surface area contributed by atoms with Crippen LogP contribution in [0.25, 0.3) is 0 Å². The molecular formula is C17H19N3O4. The predicted octanol–water partition coefficient (Wildman–Crippen LogP) is 3.39. The number of benzene rings is 1. The third-order valence-corrected chi connectivity index (χ3v) is 2.79. The summed E-state index contributed by atoms with van der Waals surface area (Å²) in [4.78, 5) is 27.9. The first-order chi connectivity index (χ1) is 11.2. The Kier molecular flexibility index (Phi) is 5.03. The van der Waals surface area contributed by atoms with Crippen molar-refractivity contribution in [1.29, 1.82) is 0 Å². The molecule has 0 atom stereocenters. The third-order valence-electron chi connectivity index (χ3n) is 2.79. The first-order valence-electron chi connectivity index (χ1n) is 7.30. The van der Waals surface area contributed by atoms with E-state index in [-0.39, 0.29) is 11.6 Å². The van der Waals surface area contributed by atoms with Crippen LogP contribution >= 0.6 is 0 Å². The molecule has 0 aliphatic heterocycles. The van der Waals surface area contributed by atoms with E-state index in [9.17, 15) is 14.7 Å². The van der Waals surface area contributed by atoms with E-state index in [2.05, 4.69) is 15.6 Å². The molecule has 0 aliphatic carbocycles. The molecular weight excluding hydrogens is 310 g/mol. The number of rotatable bonds is 3. The summed E-state index contributed by atoms with van der Waals surface area (Å²) < 4.78 is 5.16. The SMILES string of the molecule is CC(C)(C)OC(=O)Nc1cccc(C(=O)Nc2ncccc2O)c1. The molecule has 0 saturated heterocycles. The van der Waals surface area contributed by atoms with Crippen LogP contribution in [0.1, 0.15) is 31.1 Å². The Morgan fingerprint density at radius 3 is 2.54 bits per heavy atom. The second-order valence-corrected chi connectivity index (χ2v) is 6.03. The van der Waals surface area contributed by atoms with Crippen molar-refractivity contribution in [3.8, 4) is 5.75 Å². The molecule has 1 heterocycles. The fraction of sp³-hybridized carbons (Fsp3) is 0.235. The van der Waals surface area contributed by atoms with Gasteiger partial charge in [0.2, 0.25) is 0 Å². The van der Waals surface area contributed by atoms with E-state index in [1.165, 1.54) is 18.3 Å². The van der Waals surface area contributed by atoms with Crippen LogP contribution in [0.15, 0.2) is 42.6 Å². The summed E-state index contributed by atoms with van der Waals surface area (Å²) in [5.74, 6) is -0.529. The molecule has 7 nitrogen and oxygen atoms in total. The summed E-state index contributed by atoms with van der Waals surface area (Å²) in [6.07, 6.45) is 0.845. The van der Waals surface area contributed by atoms with Gasteiger partial charge >= 0.3 is 6.09 Å². The topological polar surface area (TPSA) is 101 Å². The van der Waals surface area contributed by atoms with Gasteiger partial charge in [0.1, 0.15) is 5.60 Å². The van der Waals surface area contributed by atoms with Crippen molar-refractivity contribution in [2.75, 3.05) is 10.6 Å². The van der Waals surface area contributed by atoms with Gasteiger partial charge in [-0.3, -0.25) is 10.1 Å². The second kappa shape index (κ2) is 6.99. The van der Waals surface area contributed by atoms with Crippen LogP contribution in [0, 0.1) is 0 Å². The minimum absolute atomic E-state index is 0.0630. The summed E-state index contributed by atoms with van der Waals surface area (Å²) in [6.45, 7) is 5.28. The van der Waals surface area contributed by atoms with E-state index in [0.717, 1.165) is 0 Å². The number of anilines is 2. The number of carbonyl (C=O) groups excluding carboxylic acids is 2. The van der Waals surface area contributed by atoms with E-state index in [0.29, 0.717) is 11.3 Å². The maximum Gasteiger partial charge on any atom is 0.412 e. The quantitative estimate of drug-likeness (QED) is 0.801. The highest BCUT2D eigenvalue weighted by Gasteiger charge is 2.17. The van der Waals surface area contributed by atoms with Crippen LogP contribution in [0.5, 0.6) is 5.75 Å². The maximum atomic E-state index is 12.2. The Balaban J connectivity index is 2.08. The lowest BCUT2D eigenvalue weighted by Crippen LogP contribution is -2.27. The number of pyridine rings is 1. The summed E-state index contributed by atoms with van der Waals surface area (Å²) in [6, 6.07) is 9.31. The molecule has 2 aromatic rings. The van der Waals surface area contributed by atoms with Crippen molar-refractivity contribution in [2.24, 2.45) is 0 Å². The zero-order chi connectivity index (χ0) is 17.7. The lowest BCUT2D eigenvalue weighted by molar-refractivity contribution is 0.0635. The zero-order valence-corrected chi connectivity index (χ0v) is 13.7. The standard InChI is InChI=1S/C17H19N3O4/c1-17(2,3)24-16(23)19-12-7-4-6-11(10-12)15(22)20-14-13(21)8-5-9-18-14/h4-10,21H,1-3H3,(H,19,23)(H,18,20,22). The van der Waals surface area contributed by atoms with Crippen molar-refractivity contribution in [1.82, 2.24) is 4.98 Å². The summed E-state index contributed by atoms with van der Waals surface area (Å²) in [5, 5.41) is 14.7. The molecule has 24 heavy (non-hydrogen) atoms. The number of hydrogen-bond donors (Lipinski definition) is 3. The summed E-state index contributed by atoms with van der Waals surface area (Å²) in [7, 11) is 0. The highest BCUT2D eigenvalue weighted by atomic mass is 16.6. The van der Waals surface area contributed by atoms with E-state index < -0.39 is 17.6 Å². The minimum Gasteiger partial charge on any atom is -0.504 e. The molecule has 0 saturated carbocycles. The van der Waals surface area contributed by atoms with E-state index >= 15 is 0 Å². The van der Waals surface area contributed by atoms with Gasteiger partial charge in [-0.05, 0) is 51.1 Å². The van der Waals surface area contributed by atoms with E-state index in [1.54, 1.807) is 45.0 Å². The Hall–Kier alpha value is -3.09. The van der Waals surface area contributed by atoms with Gasteiger partial charge in [0.15, 0.2) is 11.6 Å². The molecule has 0 aliphatic rings. The number of aromatic hydroxyl groups is 1. The number of nitrogens with one attached hydrogen (secondary N) is 2. The first kappa shape index (κ1) is 17.3. The Morgan fingerprint density at radius 2 is 1.88 bits per heavy atom. The molecule has 0 radical (unpaired) electrons. The van der Waals surface area contributed by atoms with Gasteiger partial charge < -0.3 is 15.2 Å². The number of ether oxygens (including phenoxy) is 1. The van der Waals surface area contributed by atoms with Crippen LogP contribution in [-0.4, -0.2) is 27.7 Å². The monoisotopic (exact) mass is 329 g/mol. The number of nitrogens with zero attached hydrogens (tertiary/aromatic N) is 1. The molecule has 2 amide bonds. The highest BCUT2D eigenvalue weighted by Crippen LogP contribution is 2.20. The normalized spacial score (nSPS) is 10.8. The Morgan fingerprint density at radius 1 is 1.12 bits per heavy atom. The zero-order valence-electron chi connectivity index (χ0n) is 13.7. The smallest absolute Gasteiger partial charge is 0.412 e. The van der Waals surface area contributed by atoms with Crippen LogP contribution in [0.3, 0.4) is 0 Å². The molecule has 126 valence electrons. The number of amides is 2. The fourth-order valence-electron chi connectivity index (χ4n) is 1.83. The van der Waals surface area contributed by atoms with Gasteiger partial charge in [0.05, 0.1) is 0 Å². The average Bonchev–Trinajstić information content (AvgIpc) is 2.48. The number of hydrogen-bond acceptors (Lipinski definition) is 5. The number of carbonyl (C=O) groups is 2. The summed E-state index contributed by atoms with van der Waals surface area (Å²) >= 11 is 0. The van der Waals surface area contributed by atoms with Crippen LogP contribution < -0.4 is 10.6 Å². The van der Waals surface area contributed by atoms with Crippen molar-refractivity contribution in [3.05, 3.63) is 48.2 Å². The van der Waals surface area contributed by atoms with E-state index in [1.807, 2.05) is 0 Å². The van der Waals surface area contributed by atoms with Crippen molar-refractivity contribution in [3.63, 3.8) is 0 Å². The second-order valence-electron chi connectivity index (χ2n) is 6.03. The maximum absolute atomic E-state index is 12.2. The van der Waals surface area contributed by atoms with Gasteiger partial charge in [-0.2, -0.15) is 0 Å². The predicted molar refractivity (Wildman–Crippen MR) is 90.2 cm³/mol. The number of aromatic nitrogens is 1. The molecule has 3 N–H and O–H groups in total. The molecule has 0 fully saturated rings. The average molecular weight is 329 g/mol. The molecule has 0 bridgehead atoms. The van der Waals surface area contributed by atoms with Crippen LogP contribution in [0.4, 0.5) is 16.3 Å². The lowest BCUT2D eigenvalue weighted by atomic mass is 10.2. The van der Waals surface area contributed by atoms with Gasteiger partial charge in [0, 0.05) is 17.4 Å². The van der Waals surface area contributed by atoms with Gasteiger partial charge in [-0.15, -0.1) is 0 Å². The van der Waals surface area contributed by atoms with Gasteiger partial charge in [-0.25, -0.2) is 9.78 Å². The van der Waals surface area contributed by atoms with Crippen molar-refractivity contribution < 1.29 is 19.4 Å². The van der Waals surface area contributed by atoms with Crippen molar-refractivity contribution >= 4 is 23.5 Å². The van der Waals surface area contributed by atoms with Crippen molar-refractivity contribution in [2.45, 2.75) is 26.4 Å². The molecule has 7 heteroatoms. The third kappa shape index (κ3) is 4.98. The Labute approximate surface area is 139 Å². The lowest BCUT2D eigenvalue weighted by Gasteiger charge is -2.19. The summed E-state index contributed by atoms with van der Waals surface area (Å²) in [5.41, 5.74) is 0.103. The largest absolute Gasteiger partial charge is 0.504 e. The van der Waals surface area contributed by atoms with Gasteiger partial charge in [-0.1, -0.05) is 6.07 Å². The fourth-order valence-corrected chi connectivity index (χ4v) is 1.83. The first-order valence-corrected chi connectivity index (χ1v) is 7.30. The van der Waals surface area contributed by atoms with Crippen LogP contribution in [-0.2, 0) is 4.74 Å².